The molecular formula is C32H35NO4. The van der Waals surface area contributed by atoms with Crippen molar-refractivity contribution in [2.45, 2.75) is 58.9 Å². The number of ether oxygens (including phenoxy) is 1. The van der Waals surface area contributed by atoms with Gasteiger partial charge in [-0.1, -0.05) is 82.6 Å². The lowest BCUT2D eigenvalue weighted by molar-refractivity contribution is -0.132. The number of anilines is 1. The third kappa shape index (κ3) is 4.91. The van der Waals surface area contributed by atoms with Crippen LogP contribution in [0.15, 0.2) is 72.3 Å². The second-order valence-electron chi connectivity index (χ2n) is 11.0. The summed E-state index contributed by atoms with van der Waals surface area (Å²) in [4.78, 5) is 28.5. The summed E-state index contributed by atoms with van der Waals surface area (Å²) in [6.45, 7) is 12.5. The Morgan fingerprint density at radius 3 is 2.11 bits per heavy atom. The van der Waals surface area contributed by atoms with Crippen molar-refractivity contribution >= 4 is 23.1 Å². The van der Waals surface area contributed by atoms with Crippen LogP contribution in [0.1, 0.15) is 74.4 Å². The van der Waals surface area contributed by atoms with Gasteiger partial charge in [0, 0.05) is 5.69 Å². The third-order valence-corrected chi connectivity index (χ3v) is 6.98. The van der Waals surface area contributed by atoms with E-state index in [1.54, 1.807) is 12.1 Å². The number of aryl methyl sites for hydroxylation is 1. The molecule has 1 aliphatic heterocycles. The van der Waals surface area contributed by atoms with E-state index < -0.39 is 17.7 Å². The van der Waals surface area contributed by atoms with Crippen molar-refractivity contribution in [3.8, 4) is 5.75 Å². The van der Waals surface area contributed by atoms with Gasteiger partial charge in [0.05, 0.1) is 24.3 Å². The smallest absolute Gasteiger partial charge is 0.300 e. The molecule has 1 saturated heterocycles. The minimum atomic E-state index is -0.788. The molecule has 1 N–H and O–H groups in total. The zero-order valence-electron chi connectivity index (χ0n) is 22.6. The molecule has 5 nitrogen and oxygen atoms in total. The van der Waals surface area contributed by atoms with Gasteiger partial charge in [0.15, 0.2) is 0 Å². The molecule has 0 aliphatic carbocycles. The van der Waals surface area contributed by atoms with E-state index in [1.165, 1.54) is 12.0 Å². The van der Waals surface area contributed by atoms with E-state index in [4.69, 9.17) is 4.74 Å². The molecule has 0 bridgehead atoms. The van der Waals surface area contributed by atoms with Crippen molar-refractivity contribution in [2.24, 2.45) is 0 Å². The number of hydrogen-bond donors (Lipinski definition) is 1. The van der Waals surface area contributed by atoms with Crippen LogP contribution >= 0.6 is 0 Å². The second kappa shape index (κ2) is 9.89. The highest BCUT2D eigenvalue weighted by atomic mass is 16.5. The van der Waals surface area contributed by atoms with Crippen molar-refractivity contribution in [2.75, 3.05) is 12.0 Å². The lowest BCUT2D eigenvalue weighted by Gasteiger charge is -2.27. The molecule has 37 heavy (non-hydrogen) atoms. The normalized spacial score (nSPS) is 17.5. The average molecular weight is 498 g/mol. The van der Waals surface area contributed by atoms with Crippen molar-refractivity contribution in [1.82, 2.24) is 0 Å². The number of benzene rings is 3. The van der Waals surface area contributed by atoms with Gasteiger partial charge < -0.3 is 9.84 Å². The van der Waals surface area contributed by atoms with Crippen LogP contribution in [0, 0.1) is 6.92 Å². The molecule has 1 atom stereocenters. The van der Waals surface area contributed by atoms with Crippen molar-refractivity contribution in [3.63, 3.8) is 0 Å². The number of hydrogen-bond acceptors (Lipinski definition) is 4. The van der Waals surface area contributed by atoms with E-state index in [9.17, 15) is 14.7 Å². The molecule has 0 saturated carbocycles. The molecule has 3 aromatic rings. The number of nitrogens with zero attached hydrogens (tertiary/aromatic N) is 1. The molecule has 3 aromatic carbocycles. The highest BCUT2D eigenvalue weighted by Gasteiger charge is 2.47. The molecule has 1 fully saturated rings. The molecule has 0 aromatic heterocycles. The summed E-state index contributed by atoms with van der Waals surface area (Å²) in [5.41, 5.74) is 4.89. The molecule has 0 spiro atoms. The number of carbonyl (C=O) groups excluding carboxylic acids is 2. The number of aliphatic hydroxyl groups excluding tert-OH is 1. The molecule has 1 unspecified atom stereocenters. The molecule has 192 valence electrons. The van der Waals surface area contributed by atoms with Gasteiger partial charge in [0.1, 0.15) is 11.5 Å². The fourth-order valence-corrected chi connectivity index (χ4v) is 4.75. The van der Waals surface area contributed by atoms with Gasteiger partial charge in [0.2, 0.25) is 0 Å². The SMILES string of the molecule is COc1ccc(C)cc1/C(O)=C1\C(=O)C(=O)N(c2ccc(C(C)C)cc2)C1c1ccc(C(C)(C)C)cc1. The Morgan fingerprint density at radius 2 is 1.57 bits per heavy atom. The molecule has 1 amide bonds. The van der Waals surface area contributed by atoms with Crippen molar-refractivity contribution < 1.29 is 19.4 Å². The summed E-state index contributed by atoms with van der Waals surface area (Å²) in [6.07, 6.45) is 0. The Hall–Kier alpha value is -3.86. The fourth-order valence-electron chi connectivity index (χ4n) is 4.75. The predicted octanol–water partition coefficient (Wildman–Crippen LogP) is 7.05. The first-order chi connectivity index (χ1) is 17.4. The number of amides is 1. The lowest BCUT2D eigenvalue weighted by atomic mass is 9.85. The van der Waals surface area contributed by atoms with Gasteiger partial charge in [-0.05, 0) is 59.2 Å². The molecule has 4 rings (SSSR count). The van der Waals surface area contributed by atoms with Crippen LogP contribution in [0.5, 0.6) is 5.75 Å². The maximum absolute atomic E-state index is 13.5. The maximum atomic E-state index is 13.5. The Balaban J connectivity index is 1.95. The van der Waals surface area contributed by atoms with Gasteiger partial charge >= 0.3 is 0 Å². The van der Waals surface area contributed by atoms with E-state index >= 15 is 0 Å². The van der Waals surface area contributed by atoms with Crippen LogP contribution in [0.2, 0.25) is 0 Å². The first kappa shape index (κ1) is 26.2. The Morgan fingerprint density at radius 1 is 0.946 bits per heavy atom. The van der Waals surface area contributed by atoms with Gasteiger partial charge in [-0.15, -0.1) is 0 Å². The first-order valence-corrected chi connectivity index (χ1v) is 12.6. The number of methoxy groups -OCH3 is 1. The molecule has 0 radical (unpaired) electrons. The summed E-state index contributed by atoms with van der Waals surface area (Å²) in [7, 11) is 1.51. The van der Waals surface area contributed by atoms with E-state index in [-0.39, 0.29) is 16.7 Å². The molecule has 1 heterocycles. The Labute approximate surface area is 219 Å². The summed E-state index contributed by atoms with van der Waals surface area (Å²) >= 11 is 0. The van der Waals surface area contributed by atoms with Gasteiger partial charge in [-0.3, -0.25) is 14.5 Å². The van der Waals surface area contributed by atoms with Crippen molar-refractivity contribution in [3.05, 3.63) is 100 Å². The van der Waals surface area contributed by atoms with Crippen LogP contribution < -0.4 is 9.64 Å². The molecule has 5 heteroatoms. The summed E-state index contributed by atoms with van der Waals surface area (Å²) in [5.74, 6) is -0.879. The number of Topliss-reactive ketones (excluding diaryl/α,β-unsaturated/α-hetero) is 1. The Kier molecular flexibility index (Phi) is 7.00. The number of aliphatic hydroxyl groups is 1. The van der Waals surface area contributed by atoms with E-state index in [0.717, 1.165) is 22.3 Å². The van der Waals surface area contributed by atoms with Crippen LogP contribution in [-0.4, -0.2) is 23.9 Å². The van der Waals surface area contributed by atoms with Gasteiger partial charge in [0.25, 0.3) is 11.7 Å². The predicted molar refractivity (Wildman–Crippen MR) is 148 cm³/mol. The lowest BCUT2D eigenvalue weighted by Crippen LogP contribution is -2.29. The fraction of sp³-hybridized carbons (Fsp3) is 0.312. The number of rotatable bonds is 5. The quantitative estimate of drug-likeness (QED) is 0.233. The third-order valence-electron chi connectivity index (χ3n) is 6.98. The topological polar surface area (TPSA) is 66.8 Å². The van der Waals surface area contributed by atoms with Crippen molar-refractivity contribution in [1.29, 1.82) is 0 Å². The summed E-state index contributed by atoms with van der Waals surface area (Å²) in [6, 6.07) is 20.2. The summed E-state index contributed by atoms with van der Waals surface area (Å²) in [5, 5.41) is 11.5. The van der Waals surface area contributed by atoms with Gasteiger partial charge in [-0.2, -0.15) is 0 Å². The minimum absolute atomic E-state index is 0.0466. The highest BCUT2D eigenvalue weighted by Crippen LogP contribution is 2.44. The number of carbonyl (C=O) groups is 2. The largest absolute Gasteiger partial charge is 0.507 e. The van der Waals surface area contributed by atoms with E-state index in [2.05, 4.69) is 34.6 Å². The summed E-state index contributed by atoms with van der Waals surface area (Å²) < 4.78 is 5.48. The standard InChI is InChI=1S/C32H35NO4/c1-19(2)21-11-15-24(16-12-21)33-28(22-9-13-23(14-10-22)32(4,5)6)27(30(35)31(33)36)29(34)25-18-20(3)8-17-26(25)37-7/h8-19,28,34H,1-7H3/b29-27+. The first-order valence-electron chi connectivity index (χ1n) is 12.6. The van der Waals surface area contributed by atoms with Crippen LogP contribution in [0.3, 0.4) is 0 Å². The van der Waals surface area contributed by atoms with Crippen LogP contribution in [-0.2, 0) is 15.0 Å². The minimum Gasteiger partial charge on any atom is -0.507 e. The Bertz CT molecular complexity index is 1360. The zero-order chi connectivity index (χ0) is 27.1. The van der Waals surface area contributed by atoms with Crippen LogP contribution in [0.25, 0.3) is 5.76 Å². The highest BCUT2D eigenvalue weighted by molar-refractivity contribution is 6.51. The van der Waals surface area contributed by atoms with Gasteiger partial charge in [-0.25, -0.2) is 0 Å². The average Bonchev–Trinajstić information content (AvgIpc) is 3.13. The monoisotopic (exact) mass is 497 g/mol. The van der Waals surface area contributed by atoms with E-state index in [0.29, 0.717) is 22.9 Å². The molecule has 1 aliphatic rings. The number of ketones is 1. The van der Waals surface area contributed by atoms with Crippen LogP contribution in [0.4, 0.5) is 5.69 Å². The second-order valence-corrected chi connectivity index (χ2v) is 11.0. The molecular weight excluding hydrogens is 462 g/mol. The zero-order valence-corrected chi connectivity index (χ0v) is 22.6. The van der Waals surface area contributed by atoms with E-state index in [1.807, 2.05) is 61.5 Å². The maximum Gasteiger partial charge on any atom is 0.300 e.